The molecule has 0 aromatic carbocycles. The maximum atomic E-state index is 13.0. The number of nitrogens with zero attached hydrogens (tertiary/aromatic N) is 1. The van der Waals surface area contributed by atoms with Gasteiger partial charge in [-0.2, -0.15) is 12.6 Å². The third-order valence-corrected chi connectivity index (χ3v) is 5.14. The number of hydrogen-bond donors (Lipinski definition) is 9. The van der Waals surface area contributed by atoms with Gasteiger partial charge in [-0.25, -0.2) is 4.79 Å². The maximum Gasteiger partial charge on any atom is 0.326 e. The molecule has 35 heavy (non-hydrogen) atoms. The van der Waals surface area contributed by atoms with Gasteiger partial charge in [0.1, 0.15) is 18.1 Å². The second-order valence-electron chi connectivity index (χ2n) is 8.39. The fourth-order valence-electron chi connectivity index (χ4n) is 2.93. The van der Waals surface area contributed by atoms with E-state index < -0.39 is 53.8 Å². The van der Waals surface area contributed by atoms with Crippen molar-refractivity contribution in [3.63, 3.8) is 0 Å². The van der Waals surface area contributed by atoms with Crippen molar-refractivity contribution in [3.05, 3.63) is 0 Å². The van der Waals surface area contributed by atoms with Crippen LogP contribution in [0.1, 0.15) is 46.0 Å². The van der Waals surface area contributed by atoms with Crippen LogP contribution >= 0.6 is 12.6 Å². The van der Waals surface area contributed by atoms with E-state index in [0.717, 1.165) is 0 Å². The molecular weight excluding hydrogens is 480 g/mol. The van der Waals surface area contributed by atoms with Crippen LogP contribution in [0, 0.1) is 5.92 Å². The Labute approximate surface area is 209 Å². The van der Waals surface area contributed by atoms with Gasteiger partial charge in [0.05, 0.1) is 6.04 Å². The topological polar surface area (TPSA) is 258 Å². The number of hydrogen-bond acceptors (Lipinski definition) is 8. The molecule has 0 fully saturated rings. The van der Waals surface area contributed by atoms with Crippen LogP contribution in [0.4, 0.5) is 0 Å². The summed E-state index contributed by atoms with van der Waals surface area (Å²) in [6, 6.07) is -4.57. The van der Waals surface area contributed by atoms with Crippen LogP contribution < -0.4 is 38.9 Å². The van der Waals surface area contributed by atoms with Crippen LogP contribution in [0.5, 0.6) is 0 Å². The molecule has 12 N–H and O–H groups in total. The third kappa shape index (κ3) is 14.0. The van der Waals surface area contributed by atoms with Crippen molar-refractivity contribution in [2.75, 3.05) is 12.3 Å². The minimum Gasteiger partial charge on any atom is -0.480 e. The number of nitrogens with two attached hydrogens (primary N) is 4. The lowest BCUT2D eigenvalue weighted by Gasteiger charge is -2.25. The first-order valence-corrected chi connectivity index (χ1v) is 11.8. The van der Waals surface area contributed by atoms with Crippen molar-refractivity contribution in [1.29, 1.82) is 0 Å². The molecule has 0 heterocycles. The van der Waals surface area contributed by atoms with Gasteiger partial charge in [-0.05, 0) is 31.6 Å². The van der Waals surface area contributed by atoms with Gasteiger partial charge in [-0.15, -0.1) is 0 Å². The molecule has 200 valence electrons. The molecular formula is C20H38N8O6S. The second-order valence-corrected chi connectivity index (χ2v) is 8.76. The normalized spacial score (nSPS) is 14.2. The summed E-state index contributed by atoms with van der Waals surface area (Å²) in [5.74, 6) is -4.25. The molecule has 0 aliphatic carbocycles. The Balaban J connectivity index is 5.64. The largest absolute Gasteiger partial charge is 0.480 e. The Hall–Kier alpha value is -3.07. The number of amides is 4. The van der Waals surface area contributed by atoms with Gasteiger partial charge in [0.25, 0.3) is 0 Å². The van der Waals surface area contributed by atoms with Crippen LogP contribution in [-0.2, 0) is 24.0 Å². The van der Waals surface area contributed by atoms with E-state index in [1.165, 1.54) is 0 Å². The van der Waals surface area contributed by atoms with Gasteiger partial charge in [0, 0.05) is 18.7 Å². The molecule has 0 saturated carbocycles. The number of rotatable bonds is 17. The lowest BCUT2D eigenvalue weighted by Crippen LogP contribution is -2.57. The molecule has 0 aliphatic rings. The smallest absolute Gasteiger partial charge is 0.326 e. The first-order chi connectivity index (χ1) is 16.3. The molecule has 0 radical (unpaired) electrons. The molecule has 4 atom stereocenters. The Morgan fingerprint density at radius 3 is 1.86 bits per heavy atom. The van der Waals surface area contributed by atoms with E-state index in [0.29, 0.717) is 0 Å². The number of aliphatic carboxylic acids is 1. The van der Waals surface area contributed by atoms with E-state index in [1.807, 2.05) is 0 Å². The number of aliphatic imine (C=N–C) groups is 1. The van der Waals surface area contributed by atoms with Gasteiger partial charge in [-0.1, -0.05) is 13.8 Å². The van der Waals surface area contributed by atoms with E-state index >= 15 is 0 Å². The number of guanidine groups is 1. The summed E-state index contributed by atoms with van der Waals surface area (Å²) in [4.78, 5) is 64.7. The third-order valence-electron chi connectivity index (χ3n) is 4.75. The minimum atomic E-state index is -1.22. The molecule has 14 nitrogen and oxygen atoms in total. The van der Waals surface area contributed by atoms with E-state index in [4.69, 9.17) is 22.9 Å². The van der Waals surface area contributed by atoms with E-state index in [-0.39, 0.29) is 56.3 Å². The molecule has 4 unspecified atom stereocenters. The zero-order valence-electron chi connectivity index (χ0n) is 20.0. The highest BCUT2D eigenvalue weighted by molar-refractivity contribution is 7.80. The van der Waals surface area contributed by atoms with Crippen LogP contribution in [0.25, 0.3) is 0 Å². The maximum absolute atomic E-state index is 13.0. The summed E-state index contributed by atoms with van der Waals surface area (Å²) in [6.45, 7) is 3.77. The fourth-order valence-corrected chi connectivity index (χ4v) is 3.09. The van der Waals surface area contributed by atoms with E-state index in [9.17, 15) is 29.1 Å². The molecule has 4 amide bonds. The summed E-state index contributed by atoms with van der Waals surface area (Å²) >= 11 is 3.94. The SMILES string of the molecule is CC(C)CC(NC(=O)C(CCCN=C(N)N)NC(=O)C(CCC(N)=O)NC(=O)C(N)CS)C(=O)O. The highest BCUT2D eigenvalue weighted by atomic mass is 32.1. The molecule has 0 aromatic heterocycles. The molecule has 0 aromatic rings. The predicted octanol–water partition coefficient (Wildman–Crippen LogP) is -2.85. The van der Waals surface area contributed by atoms with Crippen molar-refractivity contribution in [3.8, 4) is 0 Å². The number of thiol groups is 1. The summed E-state index contributed by atoms with van der Waals surface area (Å²) in [5, 5.41) is 16.8. The second kappa shape index (κ2) is 16.5. The number of carbonyl (C=O) groups is 5. The van der Waals surface area contributed by atoms with Crippen molar-refractivity contribution in [2.24, 2.45) is 33.8 Å². The van der Waals surface area contributed by atoms with Crippen LogP contribution in [0.3, 0.4) is 0 Å². The summed E-state index contributed by atoms with van der Waals surface area (Å²) in [6.07, 6.45) is 0.162. The first kappa shape index (κ1) is 31.9. The highest BCUT2D eigenvalue weighted by Gasteiger charge is 2.30. The summed E-state index contributed by atoms with van der Waals surface area (Å²) in [7, 11) is 0. The Kier molecular flexibility index (Phi) is 15.1. The van der Waals surface area contributed by atoms with Crippen molar-refractivity contribution < 1.29 is 29.1 Å². The van der Waals surface area contributed by atoms with Gasteiger partial charge >= 0.3 is 5.97 Å². The molecule has 15 heteroatoms. The molecule has 0 spiro atoms. The van der Waals surface area contributed by atoms with Gasteiger partial charge in [0.15, 0.2) is 5.96 Å². The average Bonchev–Trinajstić information content (AvgIpc) is 2.76. The Bertz CT molecular complexity index is 775. The van der Waals surface area contributed by atoms with E-state index in [1.54, 1.807) is 13.8 Å². The number of carboxylic acids is 1. The van der Waals surface area contributed by atoms with Crippen molar-refractivity contribution in [2.45, 2.75) is 70.1 Å². The first-order valence-electron chi connectivity index (χ1n) is 11.1. The molecule has 0 rings (SSSR count). The molecule has 0 bridgehead atoms. The van der Waals surface area contributed by atoms with E-state index in [2.05, 4.69) is 33.6 Å². The Morgan fingerprint density at radius 2 is 1.40 bits per heavy atom. The lowest BCUT2D eigenvalue weighted by molar-refractivity contribution is -0.142. The van der Waals surface area contributed by atoms with Crippen molar-refractivity contribution >= 4 is 48.2 Å². The Morgan fingerprint density at radius 1 is 0.886 bits per heavy atom. The number of primary amides is 1. The number of carbonyl (C=O) groups excluding carboxylic acids is 4. The van der Waals surface area contributed by atoms with Gasteiger partial charge in [0.2, 0.25) is 23.6 Å². The summed E-state index contributed by atoms with van der Waals surface area (Å²) in [5.41, 5.74) is 21.4. The molecule has 0 saturated heterocycles. The fraction of sp³-hybridized carbons (Fsp3) is 0.700. The van der Waals surface area contributed by atoms with Crippen LogP contribution in [-0.4, -0.2) is 77.1 Å². The quantitative estimate of drug-likeness (QED) is 0.0414. The number of nitrogens with one attached hydrogen (secondary N) is 3. The zero-order valence-corrected chi connectivity index (χ0v) is 20.9. The van der Waals surface area contributed by atoms with Gasteiger partial charge in [-0.3, -0.25) is 24.2 Å². The molecule has 0 aliphatic heterocycles. The standard InChI is InChI=1S/C20H38N8O6S/c1-10(2)8-14(19(33)34)28-17(31)12(4-3-7-25-20(23)24)27-18(32)13(5-6-15(22)29)26-16(30)11(21)9-35/h10-14,35H,3-9,21H2,1-2H3,(H2,22,29)(H,26,30)(H,27,32)(H,28,31)(H,33,34)(H4,23,24,25). The van der Waals surface area contributed by atoms with Crippen molar-refractivity contribution in [1.82, 2.24) is 16.0 Å². The lowest BCUT2D eigenvalue weighted by atomic mass is 10.0. The predicted molar refractivity (Wildman–Crippen MR) is 133 cm³/mol. The summed E-state index contributed by atoms with van der Waals surface area (Å²) < 4.78 is 0. The number of carboxylic acid groups (broad SMARTS) is 1. The minimum absolute atomic E-state index is 0.0121. The zero-order chi connectivity index (χ0) is 27.1. The average molecular weight is 519 g/mol. The monoisotopic (exact) mass is 518 g/mol. The highest BCUT2D eigenvalue weighted by Crippen LogP contribution is 2.08. The van der Waals surface area contributed by atoms with Crippen LogP contribution in [0.2, 0.25) is 0 Å². The van der Waals surface area contributed by atoms with Gasteiger partial charge < -0.3 is 44.0 Å². The van der Waals surface area contributed by atoms with Crippen LogP contribution in [0.15, 0.2) is 4.99 Å².